The Hall–Kier alpha value is -4.34. The number of rotatable bonds is 7. The topological polar surface area (TPSA) is 130 Å². The van der Waals surface area contributed by atoms with Gasteiger partial charge in [-0.2, -0.15) is 4.98 Å². The molecule has 2 aromatic heterocycles. The van der Waals surface area contributed by atoms with Crippen LogP contribution in [0.1, 0.15) is 67.7 Å². The molecule has 2 N–H and O–H groups in total. The Labute approximate surface area is 227 Å². The first-order valence-corrected chi connectivity index (χ1v) is 13.0. The summed E-state index contributed by atoms with van der Waals surface area (Å²) in [6.45, 7) is 12.1. The summed E-state index contributed by atoms with van der Waals surface area (Å²) in [6, 6.07) is 7.14. The van der Waals surface area contributed by atoms with E-state index in [1.54, 1.807) is 17.3 Å². The number of nitrogens with one attached hydrogen (secondary N) is 2. The highest BCUT2D eigenvalue weighted by Crippen LogP contribution is 2.30. The van der Waals surface area contributed by atoms with E-state index < -0.39 is 11.9 Å². The monoisotopic (exact) mass is 530 g/mol. The molecular formula is C29H34N6O4. The quantitative estimate of drug-likeness (QED) is 0.438. The minimum absolute atomic E-state index is 0.00214. The number of carbonyl (C=O) groups excluding carboxylic acids is 3. The molecule has 0 aliphatic carbocycles. The van der Waals surface area contributed by atoms with Crippen LogP contribution in [0.2, 0.25) is 0 Å². The highest BCUT2D eigenvalue weighted by Gasteiger charge is 2.31. The van der Waals surface area contributed by atoms with E-state index in [0.29, 0.717) is 31.1 Å². The van der Waals surface area contributed by atoms with Crippen LogP contribution in [-0.2, 0) is 21.5 Å². The van der Waals surface area contributed by atoms with Crippen LogP contribution in [0, 0.1) is 6.92 Å². The van der Waals surface area contributed by atoms with Gasteiger partial charge >= 0.3 is 0 Å². The number of likely N-dealkylation sites (tertiary alicyclic amines) is 1. The molecule has 10 nitrogen and oxygen atoms in total. The summed E-state index contributed by atoms with van der Waals surface area (Å²) in [6.07, 6.45) is 6.86. The predicted molar refractivity (Wildman–Crippen MR) is 147 cm³/mol. The summed E-state index contributed by atoms with van der Waals surface area (Å²) in [4.78, 5) is 48.0. The van der Waals surface area contributed by atoms with Crippen LogP contribution in [0.4, 0.5) is 5.69 Å². The molecule has 1 aromatic carbocycles. The van der Waals surface area contributed by atoms with Gasteiger partial charge in [0.2, 0.25) is 17.7 Å². The van der Waals surface area contributed by atoms with E-state index in [1.165, 1.54) is 6.08 Å². The first kappa shape index (κ1) is 27.7. The molecule has 204 valence electrons. The van der Waals surface area contributed by atoms with Gasteiger partial charge in [-0.3, -0.25) is 19.4 Å². The van der Waals surface area contributed by atoms with Crippen LogP contribution in [-0.4, -0.2) is 50.3 Å². The molecular weight excluding hydrogens is 496 g/mol. The molecule has 1 saturated heterocycles. The number of carbonyl (C=O) groups is 3. The Morgan fingerprint density at radius 1 is 1.21 bits per heavy atom. The molecule has 1 aliphatic heterocycles. The Kier molecular flexibility index (Phi) is 8.23. The van der Waals surface area contributed by atoms with Gasteiger partial charge < -0.3 is 20.1 Å². The van der Waals surface area contributed by atoms with Crippen LogP contribution in [0.25, 0.3) is 11.1 Å². The van der Waals surface area contributed by atoms with Gasteiger partial charge in [-0.1, -0.05) is 50.7 Å². The zero-order valence-electron chi connectivity index (χ0n) is 22.8. The van der Waals surface area contributed by atoms with Gasteiger partial charge in [-0.05, 0) is 55.0 Å². The number of aryl methyl sites for hydroxylation is 1. The summed E-state index contributed by atoms with van der Waals surface area (Å²) >= 11 is 0. The number of pyridine rings is 1. The number of nitrogens with zero attached hydrogens (tertiary/aromatic N) is 4. The molecule has 10 heteroatoms. The third-order valence-electron chi connectivity index (χ3n) is 6.71. The Bertz CT molecular complexity index is 1390. The van der Waals surface area contributed by atoms with E-state index >= 15 is 0 Å². The Morgan fingerprint density at radius 3 is 2.69 bits per heavy atom. The third-order valence-corrected chi connectivity index (χ3v) is 6.71. The van der Waals surface area contributed by atoms with Crippen molar-refractivity contribution < 1.29 is 18.9 Å². The number of anilines is 1. The van der Waals surface area contributed by atoms with Gasteiger partial charge in [0.25, 0.3) is 11.7 Å². The van der Waals surface area contributed by atoms with Crippen molar-refractivity contribution in [2.45, 2.75) is 65.0 Å². The van der Waals surface area contributed by atoms with Crippen molar-refractivity contribution in [2.24, 2.45) is 0 Å². The molecule has 0 saturated carbocycles. The van der Waals surface area contributed by atoms with Crippen LogP contribution in [0.3, 0.4) is 0 Å². The van der Waals surface area contributed by atoms with Gasteiger partial charge in [0.15, 0.2) is 0 Å². The average molecular weight is 531 g/mol. The lowest BCUT2D eigenvalue weighted by Crippen LogP contribution is -2.49. The second kappa shape index (κ2) is 11.6. The molecule has 0 radical (unpaired) electrons. The van der Waals surface area contributed by atoms with Crippen molar-refractivity contribution in [1.29, 1.82) is 0 Å². The Balaban J connectivity index is 1.47. The SMILES string of the molecule is C=CC(=O)N1CCCCC1C(=O)Nc1cnccc1-c1ccc(CNC(=O)c2noc(C(C)(C)C)n2)c(C)c1. The van der Waals surface area contributed by atoms with Crippen LogP contribution >= 0.6 is 0 Å². The summed E-state index contributed by atoms with van der Waals surface area (Å²) in [5.41, 5.74) is 3.79. The molecule has 39 heavy (non-hydrogen) atoms. The van der Waals surface area contributed by atoms with Crippen LogP contribution in [0.5, 0.6) is 0 Å². The molecule has 0 spiro atoms. The standard InChI is InChI=1S/C29H34N6O4/c1-6-24(36)35-14-8-7-9-23(35)26(37)32-22-17-30-13-12-21(22)19-10-11-20(18(2)15-19)16-31-27(38)25-33-28(39-34-25)29(3,4)5/h6,10-13,15,17,23H,1,7-9,14,16H2,2-5H3,(H,31,38)(H,32,37). The molecule has 3 amide bonds. The van der Waals surface area contributed by atoms with Crippen molar-refractivity contribution in [1.82, 2.24) is 25.3 Å². The third kappa shape index (κ3) is 6.39. The molecule has 4 rings (SSSR count). The molecule has 1 atom stereocenters. The average Bonchev–Trinajstić information content (AvgIpc) is 3.43. The highest BCUT2D eigenvalue weighted by atomic mass is 16.5. The van der Waals surface area contributed by atoms with E-state index in [1.807, 2.05) is 52.0 Å². The second-order valence-corrected chi connectivity index (χ2v) is 10.7. The first-order chi connectivity index (χ1) is 18.6. The molecule has 3 heterocycles. The number of hydrogen-bond donors (Lipinski definition) is 2. The lowest BCUT2D eigenvalue weighted by molar-refractivity contribution is -0.136. The van der Waals surface area contributed by atoms with E-state index in [2.05, 4.69) is 32.3 Å². The number of piperidine rings is 1. The zero-order valence-corrected chi connectivity index (χ0v) is 22.8. The van der Waals surface area contributed by atoms with Crippen LogP contribution in [0.15, 0.2) is 53.8 Å². The molecule has 0 bridgehead atoms. The maximum atomic E-state index is 13.2. The maximum Gasteiger partial charge on any atom is 0.292 e. The number of benzene rings is 1. The van der Waals surface area contributed by atoms with E-state index in [9.17, 15) is 14.4 Å². The fourth-order valence-electron chi connectivity index (χ4n) is 4.48. The summed E-state index contributed by atoms with van der Waals surface area (Å²) < 4.78 is 5.21. The second-order valence-electron chi connectivity index (χ2n) is 10.7. The van der Waals surface area contributed by atoms with Gasteiger partial charge in [-0.15, -0.1) is 0 Å². The minimum atomic E-state index is -0.552. The fourth-order valence-corrected chi connectivity index (χ4v) is 4.48. The lowest BCUT2D eigenvalue weighted by Gasteiger charge is -2.34. The smallest absolute Gasteiger partial charge is 0.292 e. The maximum absolute atomic E-state index is 13.2. The van der Waals surface area contributed by atoms with Crippen molar-refractivity contribution >= 4 is 23.4 Å². The number of hydrogen-bond acceptors (Lipinski definition) is 7. The first-order valence-electron chi connectivity index (χ1n) is 13.0. The fraction of sp³-hybridized carbons (Fsp3) is 0.379. The van der Waals surface area contributed by atoms with Crippen molar-refractivity contribution in [2.75, 3.05) is 11.9 Å². The summed E-state index contributed by atoms with van der Waals surface area (Å²) in [7, 11) is 0. The molecule has 1 aliphatic rings. The lowest BCUT2D eigenvalue weighted by atomic mass is 9.97. The van der Waals surface area contributed by atoms with E-state index in [0.717, 1.165) is 35.1 Å². The van der Waals surface area contributed by atoms with Gasteiger partial charge in [0.05, 0.1) is 11.9 Å². The normalized spacial score (nSPS) is 15.5. The zero-order chi connectivity index (χ0) is 28.2. The predicted octanol–water partition coefficient (Wildman–Crippen LogP) is 4.17. The summed E-state index contributed by atoms with van der Waals surface area (Å²) in [5, 5.41) is 9.62. The van der Waals surface area contributed by atoms with Gasteiger partial charge in [-0.25, -0.2) is 0 Å². The Morgan fingerprint density at radius 2 is 2.00 bits per heavy atom. The highest BCUT2D eigenvalue weighted by molar-refractivity contribution is 6.01. The molecule has 1 unspecified atom stereocenters. The van der Waals surface area contributed by atoms with E-state index in [-0.39, 0.29) is 23.1 Å². The van der Waals surface area contributed by atoms with Crippen molar-refractivity contribution in [3.8, 4) is 11.1 Å². The summed E-state index contributed by atoms with van der Waals surface area (Å²) in [5.74, 6) is -0.502. The van der Waals surface area contributed by atoms with Crippen molar-refractivity contribution in [3.05, 3.63) is 72.2 Å². The number of amides is 3. The molecule has 1 fully saturated rings. The minimum Gasteiger partial charge on any atom is -0.345 e. The van der Waals surface area contributed by atoms with Gasteiger partial charge in [0.1, 0.15) is 6.04 Å². The number of aromatic nitrogens is 3. The van der Waals surface area contributed by atoms with Gasteiger partial charge in [0, 0.05) is 30.3 Å². The largest absolute Gasteiger partial charge is 0.345 e. The van der Waals surface area contributed by atoms with Crippen LogP contribution < -0.4 is 10.6 Å². The van der Waals surface area contributed by atoms with E-state index in [4.69, 9.17) is 4.52 Å². The van der Waals surface area contributed by atoms with Crippen molar-refractivity contribution in [3.63, 3.8) is 0 Å². The molecule has 3 aromatic rings.